The number of hydrogen-bond donors (Lipinski definition) is 3. The van der Waals surface area contributed by atoms with Gasteiger partial charge in [-0.15, -0.1) is 0 Å². The summed E-state index contributed by atoms with van der Waals surface area (Å²) in [6.07, 6.45) is 0. The van der Waals surface area contributed by atoms with Crippen LogP contribution in [0.3, 0.4) is 0 Å². The molecule has 0 bridgehead atoms. The lowest BCUT2D eigenvalue weighted by atomic mass is 10.3. The van der Waals surface area contributed by atoms with Crippen molar-refractivity contribution in [1.29, 1.82) is 0 Å². The van der Waals surface area contributed by atoms with Gasteiger partial charge in [0, 0.05) is 0 Å². The monoisotopic (exact) mass is 273 g/mol. The molecule has 2 aromatic heterocycles. The Morgan fingerprint density at radius 1 is 1.37 bits per heavy atom. The number of aromatic amines is 1. The summed E-state index contributed by atoms with van der Waals surface area (Å²) in [7, 11) is 0. The van der Waals surface area contributed by atoms with Crippen LogP contribution in [0.4, 0.5) is 11.1 Å². The van der Waals surface area contributed by atoms with Crippen LogP contribution in [-0.4, -0.2) is 20.9 Å². The maximum atomic E-state index is 12.1. The van der Waals surface area contributed by atoms with Crippen molar-refractivity contribution in [2.45, 2.75) is 6.92 Å². The van der Waals surface area contributed by atoms with Gasteiger partial charge in [0.2, 0.25) is 5.95 Å². The Balaban J connectivity index is 1.88. The molecule has 0 unspecified atom stereocenters. The molecule has 1 amide bonds. The molecule has 0 spiro atoms. The first-order chi connectivity index (χ1) is 9.13. The second kappa shape index (κ2) is 4.36. The number of thiazole rings is 1. The van der Waals surface area contributed by atoms with Crippen LogP contribution in [0, 0.1) is 6.92 Å². The second-order valence-electron chi connectivity index (χ2n) is 4.02. The highest BCUT2D eigenvalue weighted by molar-refractivity contribution is 7.17. The van der Waals surface area contributed by atoms with E-state index in [1.165, 1.54) is 0 Å². The van der Waals surface area contributed by atoms with Gasteiger partial charge in [-0.1, -0.05) is 23.5 Å². The number of H-pyrrole nitrogens is 1. The van der Waals surface area contributed by atoms with Crippen molar-refractivity contribution < 1.29 is 4.79 Å². The number of rotatable bonds is 2. The standard InChI is InChI=1S/C12H11N5OS/c1-6-9(19-11(13)14-6)10(18)17-12-15-7-4-2-3-5-8(7)16-12/h2-5H,1H3,(H2,13,14)(H2,15,16,17,18). The lowest BCUT2D eigenvalue weighted by Gasteiger charge is -1.98. The number of aryl methyl sites for hydroxylation is 1. The predicted octanol–water partition coefficient (Wildman–Crippen LogP) is 2.16. The van der Waals surface area contributed by atoms with E-state index < -0.39 is 0 Å². The van der Waals surface area contributed by atoms with Crippen LogP contribution in [-0.2, 0) is 0 Å². The van der Waals surface area contributed by atoms with Crippen LogP contribution in [0.15, 0.2) is 24.3 Å². The first-order valence-electron chi connectivity index (χ1n) is 5.62. The van der Waals surface area contributed by atoms with Crippen LogP contribution in [0.5, 0.6) is 0 Å². The van der Waals surface area contributed by atoms with E-state index in [4.69, 9.17) is 5.73 Å². The van der Waals surface area contributed by atoms with Gasteiger partial charge in [0.05, 0.1) is 16.7 Å². The van der Waals surface area contributed by atoms with Gasteiger partial charge < -0.3 is 10.7 Å². The smallest absolute Gasteiger partial charge is 0.270 e. The number of aromatic nitrogens is 3. The fourth-order valence-electron chi connectivity index (χ4n) is 1.80. The largest absolute Gasteiger partial charge is 0.375 e. The highest BCUT2D eigenvalue weighted by Gasteiger charge is 2.15. The van der Waals surface area contributed by atoms with E-state index in [1.54, 1.807) is 6.92 Å². The van der Waals surface area contributed by atoms with Crippen molar-refractivity contribution in [3.05, 3.63) is 34.8 Å². The first-order valence-corrected chi connectivity index (χ1v) is 6.44. The number of carbonyl (C=O) groups is 1. The van der Waals surface area contributed by atoms with Gasteiger partial charge in [-0.3, -0.25) is 10.1 Å². The van der Waals surface area contributed by atoms with E-state index in [1.807, 2.05) is 24.3 Å². The number of benzene rings is 1. The fraction of sp³-hybridized carbons (Fsp3) is 0.0833. The van der Waals surface area contributed by atoms with Crippen LogP contribution < -0.4 is 11.1 Å². The molecule has 4 N–H and O–H groups in total. The summed E-state index contributed by atoms with van der Waals surface area (Å²) in [4.78, 5) is 23.9. The van der Waals surface area contributed by atoms with Gasteiger partial charge >= 0.3 is 0 Å². The highest BCUT2D eigenvalue weighted by Crippen LogP contribution is 2.21. The molecule has 0 saturated carbocycles. The molecule has 7 heteroatoms. The lowest BCUT2D eigenvalue weighted by Crippen LogP contribution is -2.12. The molecule has 0 aliphatic rings. The number of anilines is 2. The Kier molecular flexibility index (Phi) is 2.68. The molecule has 96 valence electrons. The number of amides is 1. The van der Waals surface area contributed by atoms with Crippen LogP contribution in [0.25, 0.3) is 11.0 Å². The molecule has 0 atom stereocenters. The van der Waals surface area contributed by atoms with Gasteiger partial charge in [-0.05, 0) is 19.1 Å². The molecule has 0 saturated heterocycles. The number of fused-ring (bicyclic) bond motifs is 1. The van der Waals surface area contributed by atoms with Crippen molar-refractivity contribution in [1.82, 2.24) is 15.0 Å². The molecule has 6 nitrogen and oxygen atoms in total. The number of nitrogens with two attached hydrogens (primary N) is 1. The molecule has 0 fully saturated rings. The van der Waals surface area contributed by atoms with Crippen LogP contribution in [0.2, 0.25) is 0 Å². The van der Waals surface area contributed by atoms with E-state index in [0.29, 0.717) is 21.7 Å². The summed E-state index contributed by atoms with van der Waals surface area (Å²) in [5.74, 6) is 0.156. The molecule has 3 aromatic rings. The summed E-state index contributed by atoms with van der Waals surface area (Å²) in [6.45, 7) is 1.75. The van der Waals surface area contributed by atoms with Crippen molar-refractivity contribution in [3.63, 3.8) is 0 Å². The molecule has 0 aliphatic carbocycles. The van der Waals surface area contributed by atoms with Crippen LogP contribution >= 0.6 is 11.3 Å². The number of para-hydroxylation sites is 2. The Bertz CT molecular complexity index is 727. The lowest BCUT2D eigenvalue weighted by molar-refractivity contribution is 0.102. The van der Waals surface area contributed by atoms with Gasteiger partial charge in [-0.2, -0.15) is 0 Å². The average molecular weight is 273 g/mol. The third-order valence-corrected chi connectivity index (χ3v) is 3.63. The van der Waals surface area contributed by atoms with E-state index in [-0.39, 0.29) is 5.91 Å². The number of imidazole rings is 1. The molecule has 2 heterocycles. The van der Waals surface area contributed by atoms with Crippen molar-refractivity contribution in [3.8, 4) is 0 Å². The zero-order chi connectivity index (χ0) is 13.4. The number of nitrogen functional groups attached to an aromatic ring is 1. The minimum atomic E-state index is -0.259. The Labute approximate surface area is 112 Å². The summed E-state index contributed by atoms with van der Waals surface area (Å²) >= 11 is 1.16. The molecular formula is C12H11N5OS. The number of nitrogens with zero attached hydrogens (tertiary/aromatic N) is 2. The fourth-order valence-corrected chi connectivity index (χ4v) is 2.53. The Hall–Kier alpha value is -2.41. The molecule has 0 radical (unpaired) electrons. The maximum absolute atomic E-state index is 12.1. The van der Waals surface area contributed by atoms with Gasteiger partial charge in [0.15, 0.2) is 5.13 Å². The predicted molar refractivity (Wildman–Crippen MR) is 75.3 cm³/mol. The summed E-state index contributed by atoms with van der Waals surface area (Å²) in [5, 5.41) is 3.09. The van der Waals surface area contributed by atoms with Crippen molar-refractivity contribution in [2.24, 2.45) is 0 Å². The zero-order valence-corrected chi connectivity index (χ0v) is 10.9. The number of nitrogens with one attached hydrogen (secondary N) is 2. The third-order valence-electron chi connectivity index (χ3n) is 2.64. The van der Waals surface area contributed by atoms with E-state index in [2.05, 4.69) is 20.3 Å². The molecule has 0 aliphatic heterocycles. The van der Waals surface area contributed by atoms with Gasteiger partial charge in [-0.25, -0.2) is 9.97 Å². The topological polar surface area (TPSA) is 96.7 Å². The summed E-state index contributed by atoms with van der Waals surface area (Å²) in [6, 6.07) is 7.56. The maximum Gasteiger partial charge on any atom is 0.270 e. The first kappa shape index (κ1) is 11.7. The van der Waals surface area contributed by atoms with E-state index in [9.17, 15) is 4.79 Å². The second-order valence-corrected chi connectivity index (χ2v) is 5.05. The van der Waals surface area contributed by atoms with Gasteiger partial charge in [0.25, 0.3) is 5.91 Å². The van der Waals surface area contributed by atoms with E-state index >= 15 is 0 Å². The Morgan fingerprint density at radius 3 is 2.84 bits per heavy atom. The van der Waals surface area contributed by atoms with Crippen LogP contribution in [0.1, 0.15) is 15.4 Å². The highest BCUT2D eigenvalue weighted by atomic mass is 32.1. The average Bonchev–Trinajstić information content (AvgIpc) is 2.91. The Morgan fingerprint density at radius 2 is 2.16 bits per heavy atom. The summed E-state index contributed by atoms with van der Waals surface area (Å²) in [5.41, 5.74) is 7.87. The molecular weight excluding hydrogens is 262 g/mol. The quantitative estimate of drug-likeness (QED) is 0.666. The minimum absolute atomic E-state index is 0.259. The molecule has 1 aromatic carbocycles. The number of hydrogen-bond acceptors (Lipinski definition) is 5. The SMILES string of the molecule is Cc1nc(N)sc1C(=O)Nc1nc2ccccc2[nH]1. The van der Waals surface area contributed by atoms with E-state index in [0.717, 1.165) is 22.4 Å². The third kappa shape index (κ3) is 2.15. The minimum Gasteiger partial charge on any atom is -0.375 e. The normalized spacial score (nSPS) is 10.8. The van der Waals surface area contributed by atoms with Gasteiger partial charge in [0.1, 0.15) is 4.88 Å². The van der Waals surface area contributed by atoms with Crippen molar-refractivity contribution in [2.75, 3.05) is 11.1 Å². The molecule has 3 rings (SSSR count). The van der Waals surface area contributed by atoms with Crippen molar-refractivity contribution >= 4 is 39.4 Å². The zero-order valence-electron chi connectivity index (χ0n) is 10.1. The summed E-state index contributed by atoms with van der Waals surface area (Å²) < 4.78 is 0. The number of carbonyl (C=O) groups excluding carboxylic acids is 1. The molecule has 19 heavy (non-hydrogen) atoms.